The predicted molar refractivity (Wildman–Crippen MR) is 121 cm³/mol. The van der Waals surface area contributed by atoms with E-state index in [-0.39, 0.29) is 35.5 Å². The molecular formula is C22H19FN6O5S. The molecule has 180 valence electrons. The third-order valence-corrected chi connectivity index (χ3v) is 5.84. The average molecular weight is 498 g/mol. The molecule has 4 aromatic rings. The largest absolute Gasteiger partial charge is 0.347 e. The summed E-state index contributed by atoms with van der Waals surface area (Å²) in [4.78, 5) is 28.5. The summed E-state index contributed by atoms with van der Waals surface area (Å²) < 4.78 is 41.8. The minimum absolute atomic E-state index is 0.000439. The van der Waals surface area contributed by atoms with E-state index >= 15 is 0 Å². The molecule has 13 heteroatoms. The van der Waals surface area contributed by atoms with E-state index in [9.17, 15) is 22.4 Å². The van der Waals surface area contributed by atoms with Crippen molar-refractivity contribution in [2.75, 3.05) is 6.54 Å². The standard InChI is InChI=1S/C22H19FN6O5S/c23-16-5-3-15(4-6-16)18-9-10-20(30)29(27-18)13-19-26-22(34-28-19)21(31)25-12-11-14-1-7-17(8-2-14)35(24,32)33/h1-10H,11-13H2,(H,25,31)(H2,24,32,33). The van der Waals surface area contributed by atoms with Crippen LogP contribution in [0.5, 0.6) is 0 Å². The van der Waals surface area contributed by atoms with Crippen LogP contribution in [0.1, 0.15) is 22.1 Å². The lowest BCUT2D eigenvalue weighted by molar-refractivity contribution is 0.0910. The van der Waals surface area contributed by atoms with Crippen LogP contribution in [0.15, 0.2) is 74.9 Å². The number of benzene rings is 2. The molecule has 2 aromatic carbocycles. The number of carbonyl (C=O) groups is 1. The van der Waals surface area contributed by atoms with Crippen molar-refractivity contribution in [2.24, 2.45) is 5.14 Å². The second-order valence-electron chi connectivity index (χ2n) is 7.43. The summed E-state index contributed by atoms with van der Waals surface area (Å²) >= 11 is 0. The van der Waals surface area contributed by atoms with Gasteiger partial charge in [-0.05, 0) is 54.4 Å². The first-order valence-corrected chi connectivity index (χ1v) is 11.8. The molecule has 0 spiro atoms. The van der Waals surface area contributed by atoms with Crippen molar-refractivity contribution in [2.45, 2.75) is 17.9 Å². The van der Waals surface area contributed by atoms with Gasteiger partial charge in [-0.1, -0.05) is 17.3 Å². The fourth-order valence-electron chi connectivity index (χ4n) is 3.12. The van der Waals surface area contributed by atoms with Crippen molar-refractivity contribution < 1.29 is 22.1 Å². The van der Waals surface area contributed by atoms with Gasteiger partial charge in [-0.15, -0.1) is 0 Å². The van der Waals surface area contributed by atoms with E-state index in [1.165, 1.54) is 48.5 Å². The summed E-state index contributed by atoms with van der Waals surface area (Å²) in [5.41, 5.74) is 1.44. The summed E-state index contributed by atoms with van der Waals surface area (Å²) in [6.45, 7) is 0.0903. The zero-order chi connectivity index (χ0) is 25.0. The molecule has 0 bridgehead atoms. The van der Waals surface area contributed by atoms with Gasteiger partial charge in [0.2, 0.25) is 10.0 Å². The van der Waals surface area contributed by atoms with E-state index in [0.29, 0.717) is 17.7 Å². The molecule has 1 amide bonds. The highest BCUT2D eigenvalue weighted by Gasteiger charge is 2.16. The third-order valence-electron chi connectivity index (χ3n) is 4.91. The highest BCUT2D eigenvalue weighted by molar-refractivity contribution is 7.89. The Bertz CT molecular complexity index is 1520. The van der Waals surface area contributed by atoms with Crippen molar-refractivity contribution in [3.63, 3.8) is 0 Å². The molecule has 2 heterocycles. The maximum absolute atomic E-state index is 13.2. The molecule has 0 aliphatic carbocycles. The smallest absolute Gasteiger partial charge is 0.316 e. The van der Waals surface area contributed by atoms with E-state index in [1.54, 1.807) is 12.1 Å². The molecule has 0 fully saturated rings. The Balaban J connectivity index is 1.36. The van der Waals surface area contributed by atoms with Gasteiger partial charge in [0.25, 0.3) is 5.56 Å². The van der Waals surface area contributed by atoms with Gasteiger partial charge in [0.15, 0.2) is 5.82 Å². The predicted octanol–water partition coefficient (Wildman–Crippen LogP) is 1.10. The van der Waals surface area contributed by atoms with Gasteiger partial charge >= 0.3 is 11.8 Å². The molecule has 3 N–H and O–H groups in total. The van der Waals surface area contributed by atoms with E-state index in [1.807, 2.05) is 0 Å². The van der Waals surface area contributed by atoms with Gasteiger partial charge < -0.3 is 9.84 Å². The molecule has 0 aliphatic heterocycles. The first-order valence-electron chi connectivity index (χ1n) is 10.3. The third kappa shape index (κ3) is 6.02. The number of nitrogens with two attached hydrogens (primary N) is 1. The maximum Gasteiger partial charge on any atom is 0.316 e. The summed E-state index contributed by atoms with van der Waals surface area (Å²) in [5.74, 6) is -1.21. The number of carbonyl (C=O) groups excluding carboxylic acids is 1. The highest BCUT2D eigenvalue weighted by atomic mass is 32.2. The minimum atomic E-state index is -3.77. The summed E-state index contributed by atoms with van der Waals surface area (Å²) in [7, 11) is -3.77. The van der Waals surface area contributed by atoms with E-state index in [2.05, 4.69) is 20.6 Å². The van der Waals surface area contributed by atoms with E-state index in [0.717, 1.165) is 10.2 Å². The molecule has 0 radical (unpaired) electrons. The molecule has 0 atom stereocenters. The monoisotopic (exact) mass is 498 g/mol. The molecule has 0 saturated carbocycles. The second kappa shape index (κ2) is 9.95. The molecule has 0 saturated heterocycles. The zero-order valence-corrected chi connectivity index (χ0v) is 18.9. The number of hydrogen-bond acceptors (Lipinski definition) is 8. The number of primary sulfonamides is 1. The van der Waals surface area contributed by atoms with Gasteiger partial charge in [-0.2, -0.15) is 10.1 Å². The molecule has 35 heavy (non-hydrogen) atoms. The number of hydrogen-bond donors (Lipinski definition) is 2. The second-order valence-corrected chi connectivity index (χ2v) is 8.99. The van der Waals surface area contributed by atoms with Gasteiger partial charge in [-0.3, -0.25) is 9.59 Å². The Hall–Kier alpha value is -4.23. The first-order chi connectivity index (χ1) is 16.7. The molecule has 11 nitrogen and oxygen atoms in total. The first kappa shape index (κ1) is 23.9. The number of nitrogens with one attached hydrogen (secondary N) is 1. The number of nitrogens with zero attached hydrogens (tertiary/aromatic N) is 4. The molecule has 4 rings (SSSR count). The summed E-state index contributed by atoms with van der Waals surface area (Å²) in [6.07, 6.45) is 0.424. The Kier molecular flexibility index (Phi) is 6.80. The average Bonchev–Trinajstić information content (AvgIpc) is 3.29. The van der Waals surface area contributed by atoms with Gasteiger partial charge in [0.05, 0.1) is 10.6 Å². The SMILES string of the molecule is NS(=O)(=O)c1ccc(CCNC(=O)c2nc(Cn3nc(-c4ccc(F)cc4)ccc3=O)no2)cc1. The normalized spacial score (nSPS) is 11.4. The van der Waals surface area contributed by atoms with Crippen LogP contribution in [0.25, 0.3) is 11.3 Å². The fraction of sp³-hybridized carbons (Fsp3) is 0.136. The quantitative estimate of drug-likeness (QED) is 0.365. The van der Waals surface area contributed by atoms with Crippen molar-refractivity contribution in [1.82, 2.24) is 25.2 Å². The number of halogens is 1. The number of aromatic nitrogens is 4. The Labute approximate surface area is 198 Å². The van der Waals surface area contributed by atoms with Gasteiger partial charge in [-0.25, -0.2) is 22.6 Å². The molecule has 0 aliphatic rings. The molecule has 2 aromatic heterocycles. The number of amides is 1. The van der Waals surface area contributed by atoms with Crippen molar-refractivity contribution in [1.29, 1.82) is 0 Å². The Morgan fingerprint density at radius 3 is 2.46 bits per heavy atom. The number of sulfonamides is 1. The van der Waals surface area contributed by atoms with Crippen LogP contribution in [-0.2, 0) is 23.0 Å². The fourth-order valence-corrected chi connectivity index (χ4v) is 3.64. The number of rotatable bonds is 8. The summed E-state index contributed by atoms with van der Waals surface area (Å²) in [6, 6.07) is 14.5. The van der Waals surface area contributed by atoms with Crippen LogP contribution in [0.2, 0.25) is 0 Å². The van der Waals surface area contributed by atoms with Crippen LogP contribution in [0.4, 0.5) is 4.39 Å². The maximum atomic E-state index is 13.2. The highest BCUT2D eigenvalue weighted by Crippen LogP contribution is 2.16. The van der Waals surface area contributed by atoms with Crippen LogP contribution < -0.4 is 16.0 Å². The van der Waals surface area contributed by atoms with Crippen LogP contribution in [0, 0.1) is 5.82 Å². The minimum Gasteiger partial charge on any atom is -0.347 e. The van der Waals surface area contributed by atoms with Gasteiger partial charge in [0.1, 0.15) is 12.4 Å². The lowest BCUT2D eigenvalue weighted by atomic mass is 10.1. The van der Waals surface area contributed by atoms with E-state index < -0.39 is 21.5 Å². The van der Waals surface area contributed by atoms with Crippen LogP contribution in [0.3, 0.4) is 0 Å². The van der Waals surface area contributed by atoms with Crippen LogP contribution >= 0.6 is 0 Å². The Morgan fingerprint density at radius 1 is 1.06 bits per heavy atom. The lowest BCUT2D eigenvalue weighted by Crippen LogP contribution is -2.26. The Morgan fingerprint density at radius 2 is 1.77 bits per heavy atom. The van der Waals surface area contributed by atoms with Crippen LogP contribution in [-0.4, -0.2) is 40.8 Å². The molecule has 0 unspecified atom stereocenters. The van der Waals surface area contributed by atoms with Crippen molar-refractivity contribution in [3.8, 4) is 11.3 Å². The van der Waals surface area contributed by atoms with Crippen molar-refractivity contribution >= 4 is 15.9 Å². The summed E-state index contributed by atoms with van der Waals surface area (Å²) in [5, 5.41) is 15.7. The van der Waals surface area contributed by atoms with E-state index in [4.69, 9.17) is 9.66 Å². The van der Waals surface area contributed by atoms with Crippen molar-refractivity contribution in [3.05, 3.63) is 94.1 Å². The zero-order valence-electron chi connectivity index (χ0n) is 18.1. The lowest BCUT2D eigenvalue weighted by Gasteiger charge is -2.05. The molecular weight excluding hydrogens is 479 g/mol. The topological polar surface area (TPSA) is 163 Å². The van der Waals surface area contributed by atoms with Gasteiger partial charge in [0, 0.05) is 18.2 Å².